The average molecular weight is 472 g/mol. The highest BCUT2D eigenvalue weighted by molar-refractivity contribution is 6.30. The second-order valence-electron chi connectivity index (χ2n) is 9.06. The summed E-state index contributed by atoms with van der Waals surface area (Å²) >= 11 is 6.15. The lowest BCUT2D eigenvalue weighted by molar-refractivity contribution is 0.0218. The monoisotopic (exact) mass is 471 g/mol. The second kappa shape index (κ2) is 8.55. The molecular weight excluding hydrogens is 446 g/mol. The van der Waals surface area contributed by atoms with Crippen molar-refractivity contribution in [3.05, 3.63) is 47.4 Å². The first-order chi connectivity index (χ1) is 15.5. The molecule has 1 aliphatic rings. The molecular formula is C23H26ClN5O4. The number of benzene rings is 1. The van der Waals surface area contributed by atoms with Crippen LogP contribution < -0.4 is 4.90 Å². The van der Waals surface area contributed by atoms with Gasteiger partial charge in [0.05, 0.1) is 10.9 Å². The highest BCUT2D eigenvalue weighted by Gasteiger charge is 2.32. The lowest BCUT2D eigenvalue weighted by Gasteiger charge is -2.41. The Kier molecular flexibility index (Phi) is 5.92. The van der Waals surface area contributed by atoms with E-state index in [1.807, 2.05) is 38.7 Å². The molecule has 0 bridgehead atoms. The molecule has 1 N–H and O–H groups in total. The molecule has 0 saturated carbocycles. The number of aromatic carboxylic acids is 1. The number of carbonyl (C=O) groups excluding carboxylic acids is 1. The Balaban J connectivity index is 1.72. The molecule has 1 fully saturated rings. The summed E-state index contributed by atoms with van der Waals surface area (Å²) in [5, 5.41) is 10.9. The van der Waals surface area contributed by atoms with Crippen LogP contribution in [0.15, 0.2) is 36.8 Å². The Morgan fingerprint density at radius 1 is 1.21 bits per heavy atom. The smallest absolute Gasteiger partial charge is 0.410 e. The molecule has 0 aliphatic carbocycles. The number of piperazine rings is 1. The van der Waals surface area contributed by atoms with E-state index < -0.39 is 11.6 Å². The van der Waals surface area contributed by atoms with Gasteiger partial charge < -0.3 is 24.2 Å². The molecule has 1 aromatic carbocycles. The van der Waals surface area contributed by atoms with Gasteiger partial charge >= 0.3 is 12.1 Å². The van der Waals surface area contributed by atoms with Crippen LogP contribution in [0.4, 0.5) is 10.6 Å². The highest BCUT2D eigenvalue weighted by atomic mass is 35.5. The van der Waals surface area contributed by atoms with Crippen LogP contribution in [0, 0.1) is 0 Å². The van der Waals surface area contributed by atoms with Crippen molar-refractivity contribution < 1.29 is 19.4 Å². The van der Waals surface area contributed by atoms with Gasteiger partial charge in [-0.15, -0.1) is 0 Å². The van der Waals surface area contributed by atoms with Gasteiger partial charge in [-0.25, -0.2) is 19.6 Å². The van der Waals surface area contributed by atoms with Crippen LogP contribution in [0.1, 0.15) is 38.1 Å². The van der Waals surface area contributed by atoms with Crippen LogP contribution >= 0.6 is 11.6 Å². The van der Waals surface area contributed by atoms with Gasteiger partial charge in [0.2, 0.25) is 0 Å². The van der Waals surface area contributed by atoms with Crippen molar-refractivity contribution in [1.29, 1.82) is 0 Å². The molecule has 3 aromatic rings. The number of carboxylic acids is 1. The maximum absolute atomic E-state index is 12.5. The van der Waals surface area contributed by atoms with Gasteiger partial charge in [0.1, 0.15) is 17.7 Å². The van der Waals surface area contributed by atoms with Crippen molar-refractivity contribution in [2.24, 2.45) is 0 Å². The number of halogens is 1. The molecule has 3 heterocycles. The lowest BCUT2D eigenvalue weighted by atomic mass is 10.1. The molecule has 4 rings (SSSR count). The molecule has 0 radical (unpaired) electrons. The fourth-order valence-electron chi connectivity index (χ4n) is 4.01. The number of hydrogen-bond donors (Lipinski definition) is 1. The zero-order valence-electron chi connectivity index (χ0n) is 18.9. The van der Waals surface area contributed by atoms with Gasteiger partial charge in [0.25, 0.3) is 0 Å². The number of aromatic nitrogens is 3. The number of carboxylic acid groups (broad SMARTS) is 1. The predicted molar refractivity (Wildman–Crippen MR) is 125 cm³/mol. The molecule has 1 amide bonds. The van der Waals surface area contributed by atoms with Crippen molar-refractivity contribution in [2.75, 3.05) is 24.5 Å². The van der Waals surface area contributed by atoms with E-state index in [1.165, 1.54) is 6.33 Å². The zero-order valence-corrected chi connectivity index (χ0v) is 19.7. The molecule has 1 atom stereocenters. The summed E-state index contributed by atoms with van der Waals surface area (Å²) in [6.45, 7) is 8.81. The number of anilines is 1. The third-order valence-electron chi connectivity index (χ3n) is 5.43. The number of fused-ring (bicyclic) bond motifs is 1. The number of carbonyl (C=O) groups is 2. The molecule has 10 heteroatoms. The largest absolute Gasteiger partial charge is 0.478 e. The molecule has 2 aromatic heterocycles. The van der Waals surface area contributed by atoms with Crippen molar-refractivity contribution >= 4 is 40.5 Å². The maximum atomic E-state index is 12.5. The minimum Gasteiger partial charge on any atom is -0.478 e. The van der Waals surface area contributed by atoms with E-state index in [0.29, 0.717) is 47.2 Å². The predicted octanol–water partition coefficient (Wildman–Crippen LogP) is 4.22. The lowest BCUT2D eigenvalue weighted by Crippen LogP contribution is -2.54. The number of ether oxygens (including phenoxy) is 1. The van der Waals surface area contributed by atoms with E-state index in [4.69, 9.17) is 16.3 Å². The van der Waals surface area contributed by atoms with E-state index in [1.54, 1.807) is 33.9 Å². The summed E-state index contributed by atoms with van der Waals surface area (Å²) in [5.41, 5.74) is 0.701. The van der Waals surface area contributed by atoms with Gasteiger partial charge in [-0.2, -0.15) is 0 Å². The number of amides is 1. The van der Waals surface area contributed by atoms with Crippen LogP contribution in [-0.2, 0) is 4.74 Å². The number of rotatable bonds is 3. The van der Waals surface area contributed by atoms with E-state index in [9.17, 15) is 14.7 Å². The Labute approximate surface area is 196 Å². The molecule has 0 unspecified atom stereocenters. The quantitative estimate of drug-likeness (QED) is 0.610. The van der Waals surface area contributed by atoms with Gasteiger partial charge in [0, 0.05) is 42.6 Å². The second-order valence-corrected chi connectivity index (χ2v) is 9.50. The summed E-state index contributed by atoms with van der Waals surface area (Å²) in [7, 11) is 0. The summed E-state index contributed by atoms with van der Waals surface area (Å²) in [4.78, 5) is 37.2. The maximum Gasteiger partial charge on any atom is 0.410 e. The van der Waals surface area contributed by atoms with Crippen molar-refractivity contribution in [3.8, 4) is 5.69 Å². The molecule has 1 saturated heterocycles. The van der Waals surface area contributed by atoms with Crippen molar-refractivity contribution in [2.45, 2.75) is 39.3 Å². The van der Waals surface area contributed by atoms with Gasteiger partial charge in [0.15, 0.2) is 5.65 Å². The normalized spacial score (nSPS) is 16.8. The fraction of sp³-hybridized carbons (Fsp3) is 0.391. The minimum atomic E-state index is -1.07. The minimum absolute atomic E-state index is 0.0994. The SMILES string of the molecule is C[C@H]1CN(C(=O)OC(C)(C)C)CCN1c1ncnc2c1c(C(=O)O)cn2-c1cccc(Cl)c1. The summed E-state index contributed by atoms with van der Waals surface area (Å²) in [6, 6.07) is 7.02. The van der Waals surface area contributed by atoms with Gasteiger partial charge in [-0.1, -0.05) is 17.7 Å². The highest BCUT2D eigenvalue weighted by Crippen LogP contribution is 2.33. The topological polar surface area (TPSA) is 101 Å². The summed E-state index contributed by atoms with van der Waals surface area (Å²) < 4.78 is 7.21. The van der Waals surface area contributed by atoms with Crippen LogP contribution in [0.2, 0.25) is 5.02 Å². The van der Waals surface area contributed by atoms with Crippen molar-refractivity contribution in [1.82, 2.24) is 19.4 Å². The van der Waals surface area contributed by atoms with Crippen LogP contribution in [-0.4, -0.2) is 67.9 Å². The zero-order chi connectivity index (χ0) is 23.9. The van der Waals surface area contributed by atoms with E-state index in [0.717, 1.165) is 0 Å². The Morgan fingerprint density at radius 2 is 1.97 bits per heavy atom. The van der Waals surface area contributed by atoms with E-state index >= 15 is 0 Å². The summed E-state index contributed by atoms with van der Waals surface area (Å²) in [5.74, 6) is -0.550. The first kappa shape index (κ1) is 22.8. The Bertz CT molecular complexity index is 1220. The van der Waals surface area contributed by atoms with Crippen LogP contribution in [0.3, 0.4) is 0 Å². The molecule has 1 aliphatic heterocycles. The van der Waals surface area contributed by atoms with Crippen LogP contribution in [0.25, 0.3) is 16.7 Å². The molecule has 0 spiro atoms. The first-order valence-electron chi connectivity index (χ1n) is 10.6. The number of nitrogens with zero attached hydrogens (tertiary/aromatic N) is 5. The molecule has 9 nitrogen and oxygen atoms in total. The first-order valence-corrected chi connectivity index (χ1v) is 11.0. The van der Waals surface area contributed by atoms with E-state index in [2.05, 4.69) is 9.97 Å². The Hall–Kier alpha value is -3.33. The average Bonchev–Trinajstić information content (AvgIpc) is 3.13. The van der Waals surface area contributed by atoms with Crippen molar-refractivity contribution in [3.63, 3.8) is 0 Å². The van der Waals surface area contributed by atoms with Gasteiger partial charge in [-0.05, 0) is 45.9 Å². The van der Waals surface area contributed by atoms with Crippen LogP contribution in [0.5, 0.6) is 0 Å². The third-order valence-corrected chi connectivity index (χ3v) is 5.67. The summed E-state index contributed by atoms with van der Waals surface area (Å²) in [6.07, 6.45) is 2.61. The van der Waals surface area contributed by atoms with E-state index in [-0.39, 0.29) is 17.7 Å². The number of hydrogen-bond acceptors (Lipinski definition) is 6. The molecule has 174 valence electrons. The standard InChI is InChI=1S/C23H26ClN5O4/c1-14-11-27(22(32)33-23(2,3)4)8-9-28(14)19-18-17(21(30)31)12-29(20(18)26-13-25-19)16-7-5-6-15(24)10-16/h5-7,10,12-14H,8-9,11H2,1-4H3,(H,30,31)/t14-/m0/s1. The fourth-order valence-corrected chi connectivity index (χ4v) is 4.20. The van der Waals surface area contributed by atoms with Gasteiger partial charge in [-0.3, -0.25) is 0 Å². The third kappa shape index (κ3) is 4.59. The molecule has 33 heavy (non-hydrogen) atoms. The Morgan fingerprint density at radius 3 is 2.61 bits per heavy atom.